The zero-order valence-electron chi connectivity index (χ0n) is 12.5. The van der Waals surface area contributed by atoms with Crippen LogP contribution in [0.1, 0.15) is 0 Å². The summed E-state index contributed by atoms with van der Waals surface area (Å²) in [7, 11) is 0. The molecule has 2 saturated heterocycles. The first-order valence-corrected chi connectivity index (χ1v) is 7.26. The molecule has 0 aliphatic carbocycles. The first kappa shape index (κ1) is 19.8. The molecule has 2 rings (SSSR count). The van der Waals surface area contributed by atoms with Gasteiger partial charge in [0.1, 0.15) is 42.7 Å². The molecule has 2 aliphatic rings. The number of nitrogens with two attached hydrogens (primary N) is 1. The Kier molecular flexibility index (Phi) is 6.12. The van der Waals surface area contributed by atoms with Crippen molar-refractivity contribution in [2.75, 3.05) is 13.2 Å². The van der Waals surface area contributed by atoms with Crippen LogP contribution in [0.15, 0.2) is 0 Å². The van der Waals surface area contributed by atoms with Crippen molar-refractivity contribution in [3.05, 3.63) is 0 Å². The Bertz CT molecular complexity index is 420. The fourth-order valence-corrected chi connectivity index (χ4v) is 2.67. The van der Waals surface area contributed by atoms with Gasteiger partial charge in [-0.05, 0) is 0 Å². The lowest BCUT2D eigenvalue weighted by Gasteiger charge is -2.47. The summed E-state index contributed by atoms with van der Waals surface area (Å²) in [6.07, 6.45) is -14.7. The van der Waals surface area contributed by atoms with Crippen molar-refractivity contribution in [1.29, 1.82) is 0 Å². The molecule has 10 N–H and O–H groups in total. The lowest BCUT2D eigenvalue weighted by molar-refractivity contribution is -0.382. The Hall–Kier alpha value is -0.480. The van der Waals surface area contributed by atoms with Gasteiger partial charge in [-0.1, -0.05) is 0 Å². The Morgan fingerprint density at radius 2 is 1.46 bits per heavy atom. The van der Waals surface area contributed by atoms with Crippen LogP contribution in [0.3, 0.4) is 0 Å². The highest BCUT2D eigenvalue weighted by molar-refractivity contribution is 4.96. The Balaban J connectivity index is 2.15. The molecule has 12 heteroatoms. The molecule has 142 valence electrons. The number of ether oxygens (including phenoxy) is 3. The Morgan fingerprint density at radius 3 is 2.00 bits per heavy atom. The molecule has 0 saturated carbocycles. The summed E-state index contributed by atoms with van der Waals surface area (Å²) in [4.78, 5) is 0. The van der Waals surface area contributed by atoms with E-state index in [1.807, 2.05) is 0 Å². The third kappa shape index (κ3) is 3.55. The van der Waals surface area contributed by atoms with E-state index in [0.29, 0.717) is 0 Å². The molecule has 0 aromatic rings. The van der Waals surface area contributed by atoms with Gasteiger partial charge in [-0.2, -0.15) is 0 Å². The minimum absolute atomic E-state index is 0.691. The highest BCUT2D eigenvalue weighted by Gasteiger charge is 2.54. The van der Waals surface area contributed by atoms with Crippen LogP contribution in [-0.4, -0.2) is 115 Å². The van der Waals surface area contributed by atoms with Crippen molar-refractivity contribution in [3.8, 4) is 0 Å². The maximum Gasteiger partial charge on any atom is 0.252 e. The molecule has 1 unspecified atom stereocenters. The predicted octanol–water partition coefficient (Wildman–Crippen LogP) is -6.11. The molecule has 10 atom stereocenters. The molecule has 0 spiro atoms. The monoisotopic (exact) mass is 357 g/mol. The SMILES string of the molecule is NC1(O)O[C@H](CO)[C@@H](O[C@@H]2O[C@H](CO)[C@H](O)[C@H](O)[C@H]2O)[C@H](O)[C@H]1O. The standard InChI is InChI=1S/C12H23NO11/c13-12(21)10(20)8(19)9(4(2-15)24-12)23-11-7(18)6(17)5(16)3(1-14)22-11/h3-11,14-21H,1-2,13H2/t3-,4-,5+,6+,7-,8+,9-,10-,11+,12?/m1/s1. The Morgan fingerprint density at radius 1 is 0.875 bits per heavy atom. The average Bonchev–Trinajstić information content (AvgIpc) is 2.55. The van der Waals surface area contributed by atoms with E-state index >= 15 is 0 Å². The molecular weight excluding hydrogens is 334 g/mol. The number of aliphatic hydroxyl groups excluding tert-OH is 7. The maximum absolute atomic E-state index is 10.0. The summed E-state index contributed by atoms with van der Waals surface area (Å²) in [6, 6.07) is 0. The summed E-state index contributed by atoms with van der Waals surface area (Å²) in [5, 5.41) is 77.1. The fourth-order valence-electron chi connectivity index (χ4n) is 2.67. The van der Waals surface area contributed by atoms with E-state index < -0.39 is 74.2 Å². The summed E-state index contributed by atoms with van der Waals surface area (Å²) in [5.41, 5.74) is 5.25. The minimum Gasteiger partial charge on any atom is -0.394 e. The number of aliphatic hydroxyl groups is 8. The van der Waals surface area contributed by atoms with Crippen molar-refractivity contribution in [3.63, 3.8) is 0 Å². The van der Waals surface area contributed by atoms with E-state index in [1.165, 1.54) is 0 Å². The van der Waals surface area contributed by atoms with Crippen LogP contribution in [-0.2, 0) is 14.2 Å². The van der Waals surface area contributed by atoms with Gasteiger partial charge in [-0.15, -0.1) is 0 Å². The van der Waals surface area contributed by atoms with Gasteiger partial charge in [0.25, 0.3) is 5.91 Å². The second kappa shape index (κ2) is 7.41. The number of hydrogen-bond donors (Lipinski definition) is 9. The quantitative estimate of drug-likeness (QED) is 0.215. The second-order valence-corrected chi connectivity index (χ2v) is 5.82. The van der Waals surface area contributed by atoms with Crippen molar-refractivity contribution in [1.82, 2.24) is 0 Å². The molecular formula is C12H23NO11. The molecule has 0 amide bonds. The van der Waals surface area contributed by atoms with Gasteiger partial charge in [0.05, 0.1) is 13.2 Å². The van der Waals surface area contributed by atoms with Gasteiger partial charge in [0, 0.05) is 0 Å². The van der Waals surface area contributed by atoms with Crippen LogP contribution in [0.2, 0.25) is 0 Å². The first-order chi connectivity index (χ1) is 11.1. The molecule has 0 aromatic carbocycles. The highest BCUT2D eigenvalue weighted by atomic mass is 16.7. The lowest BCUT2D eigenvalue weighted by atomic mass is 9.95. The van der Waals surface area contributed by atoms with Gasteiger partial charge in [-0.25, -0.2) is 0 Å². The Labute approximate surface area is 136 Å². The van der Waals surface area contributed by atoms with Crippen LogP contribution < -0.4 is 5.73 Å². The molecule has 2 heterocycles. The van der Waals surface area contributed by atoms with Crippen molar-refractivity contribution >= 4 is 0 Å². The molecule has 2 aliphatic heterocycles. The third-order valence-corrected chi connectivity index (χ3v) is 4.11. The van der Waals surface area contributed by atoms with Crippen LogP contribution in [0.5, 0.6) is 0 Å². The van der Waals surface area contributed by atoms with E-state index in [4.69, 9.17) is 25.1 Å². The molecule has 0 bridgehead atoms. The van der Waals surface area contributed by atoms with Gasteiger partial charge >= 0.3 is 0 Å². The van der Waals surface area contributed by atoms with Crippen LogP contribution >= 0.6 is 0 Å². The van der Waals surface area contributed by atoms with Crippen molar-refractivity contribution in [2.24, 2.45) is 5.73 Å². The first-order valence-electron chi connectivity index (χ1n) is 7.26. The molecule has 2 fully saturated rings. The van der Waals surface area contributed by atoms with E-state index in [1.54, 1.807) is 0 Å². The van der Waals surface area contributed by atoms with Gasteiger partial charge < -0.3 is 55.1 Å². The molecule has 12 nitrogen and oxygen atoms in total. The fraction of sp³-hybridized carbons (Fsp3) is 1.00. The largest absolute Gasteiger partial charge is 0.394 e. The average molecular weight is 357 g/mol. The number of rotatable bonds is 4. The lowest BCUT2D eigenvalue weighted by Crippen LogP contribution is -2.70. The van der Waals surface area contributed by atoms with Gasteiger partial charge in [0.2, 0.25) is 0 Å². The van der Waals surface area contributed by atoms with Crippen LogP contribution in [0, 0.1) is 0 Å². The zero-order valence-corrected chi connectivity index (χ0v) is 12.5. The number of hydrogen-bond acceptors (Lipinski definition) is 12. The van der Waals surface area contributed by atoms with Gasteiger partial charge in [-0.3, -0.25) is 5.73 Å². The molecule has 0 aromatic heterocycles. The third-order valence-electron chi connectivity index (χ3n) is 4.11. The van der Waals surface area contributed by atoms with Crippen LogP contribution in [0.4, 0.5) is 0 Å². The highest BCUT2D eigenvalue weighted by Crippen LogP contribution is 2.30. The van der Waals surface area contributed by atoms with Crippen LogP contribution in [0.25, 0.3) is 0 Å². The maximum atomic E-state index is 10.0. The topological polar surface area (TPSA) is 216 Å². The van der Waals surface area contributed by atoms with E-state index in [9.17, 15) is 35.7 Å². The molecule has 0 radical (unpaired) electrons. The minimum atomic E-state index is -2.64. The summed E-state index contributed by atoms with van der Waals surface area (Å²) in [5.74, 6) is -2.64. The molecule has 24 heavy (non-hydrogen) atoms. The van der Waals surface area contributed by atoms with E-state index in [2.05, 4.69) is 0 Å². The van der Waals surface area contributed by atoms with E-state index in [-0.39, 0.29) is 0 Å². The van der Waals surface area contributed by atoms with Crippen molar-refractivity contribution < 1.29 is 55.1 Å². The summed E-state index contributed by atoms with van der Waals surface area (Å²) in [6.45, 7) is -1.46. The zero-order chi connectivity index (χ0) is 18.2. The summed E-state index contributed by atoms with van der Waals surface area (Å²) >= 11 is 0. The second-order valence-electron chi connectivity index (χ2n) is 5.82. The van der Waals surface area contributed by atoms with E-state index in [0.717, 1.165) is 0 Å². The van der Waals surface area contributed by atoms with Gasteiger partial charge in [0.15, 0.2) is 12.4 Å². The predicted molar refractivity (Wildman–Crippen MR) is 71.7 cm³/mol. The normalized spacial score (nSPS) is 53.1. The smallest absolute Gasteiger partial charge is 0.252 e. The summed E-state index contributed by atoms with van der Waals surface area (Å²) < 4.78 is 15.2. The van der Waals surface area contributed by atoms with Crippen molar-refractivity contribution in [2.45, 2.75) is 61.0 Å².